The average Bonchev–Trinajstić information content (AvgIpc) is 2.48. The van der Waals surface area contributed by atoms with Crippen LogP contribution in [-0.2, 0) is 0 Å². The van der Waals surface area contributed by atoms with Crippen LogP contribution in [0.5, 0.6) is 0 Å². The molecule has 1 heterocycles. The third-order valence-electron chi connectivity index (χ3n) is 3.01. The Hall–Kier alpha value is -2.56. The minimum atomic E-state index is -2.83. The largest absolute Gasteiger partial charge is 0.296 e. The van der Waals surface area contributed by atoms with Gasteiger partial charge >= 0.3 is 0 Å². The molecule has 0 spiro atoms. The molecule has 0 N–H and O–H groups in total. The van der Waals surface area contributed by atoms with Gasteiger partial charge < -0.3 is 0 Å². The minimum absolute atomic E-state index is 0.278. The number of hydrogen-bond acceptors (Lipinski definition) is 2. The summed E-state index contributed by atoms with van der Waals surface area (Å²) in [6.45, 7) is 0. The molecule has 0 fully saturated rings. The second-order valence-electron chi connectivity index (χ2n) is 4.26. The summed E-state index contributed by atoms with van der Waals surface area (Å²) in [7, 11) is 0. The van der Waals surface area contributed by atoms with Gasteiger partial charge in [-0.2, -0.15) is 0 Å². The van der Waals surface area contributed by atoms with E-state index in [1.807, 2.05) is 0 Å². The molecule has 5 heteroatoms. The van der Waals surface area contributed by atoms with Gasteiger partial charge in [-0.3, -0.25) is 9.36 Å². The highest BCUT2D eigenvalue weighted by molar-refractivity contribution is 5.77. The lowest BCUT2D eigenvalue weighted by Gasteiger charge is -2.12. The molecule has 1 aromatic heterocycles. The number of para-hydroxylation sites is 2. The standard InChI is InChI=1S/C15H10F2N2O/c16-13(17)14-18-12-9-5-4-8-11(12)15(20)19(14)10-6-2-1-3-7-10/h1-9,13H. The molecule has 0 radical (unpaired) electrons. The van der Waals surface area contributed by atoms with Gasteiger partial charge in [0.25, 0.3) is 12.0 Å². The van der Waals surface area contributed by atoms with Crippen LogP contribution >= 0.6 is 0 Å². The van der Waals surface area contributed by atoms with Gasteiger partial charge in [0.2, 0.25) is 0 Å². The van der Waals surface area contributed by atoms with Crippen molar-refractivity contribution in [2.45, 2.75) is 6.43 Å². The molecule has 0 bridgehead atoms. The summed E-state index contributed by atoms with van der Waals surface area (Å²) in [4.78, 5) is 16.4. The van der Waals surface area contributed by atoms with Crippen LogP contribution < -0.4 is 5.56 Å². The number of halogens is 2. The highest BCUT2D eigenvalue weighted by Gasteiger charge is 2.19. The van der Waals surface area contributed by atoms with E-state index in [0.29, 0.717) is 11.1 Å². The first-order valence-corrected chi connectivity index (χ1v) is 6.04. The van der Waals surface area contributed by atoms with E-state index in [1.165, 1.54) is 0 Å². The summed E-state index contributed by atoms with van der Waals surface area (Å²) in [5.74, 6) is -0.542. The molecule has 100 valence electrons. The second-order valence-corrected chi connectivity index (χ2v) is 4.26. The number of alkyl halides is 2. The molecule has 2 aromatic carbocycles. The van der Waals surface area contributed by atoms with Gasteiger partial charge in [0.15, 0.2) is 5.82 Å². The van der Waals surface area contributed by atoms with E-state index < -0.39 is 17.8 Å². The summed E-state index contributed by atoms with van der Waals surface area (Å²) < 4.78 is 27.4. The Kier molecular flexibility index (Phi) is 3.02. The molecule has 0 saturated heterocycles. The molecule has 0 aliphatic rings. The monoisotopic (exact) mass is 272 g/mol. The number of aromatic nitrogens is 2. The van der Waals surface area contributed by atoms with Crippen LogP contribution in [0.25, 0.3) is 16.6 Å². The summed E-state index contributed by atoms with van der Waals surface area (Å²) in [6.07, 6.45) is -2.83. The Labute approximate surface area is 113 Å². The fraction of sp³-hybridized carbons (Fsp3) is 0.0667. The molecule has 0 amide bonds. The third kappa shape index (κ3) is 1.97. The lowest BCUT2D eigenvalue weighted by Crippen LogP contribution is -2.24. The fourth-order valence-electron chi connectivity index (χ4n) is 2.12. The predicted octanol–water partition coefficient (Wildman–Crippen LogP) is 3.32. The first-order valence-electron chi connectivity index (χ1n) is 6.04. The fourth-order valence-corrected chi connectivity index (χ4v) is 2.12. The van der Waals surface area contributed by atoms with Gasteiger partial charge in [0.1, 0.15) is 0 Å². The van der Waals surface area contributed by atoms with E-state index in [9.17, 15) is 13.6 Å². The molecule has 0 aliphatic carbocycles. The van der Waals surface area contributed by atoms with Crippen LogP contribution in [0.2, 0.25) is 0 Å². The van der Waals surface area contributed by atoms with Gasteiger partial charge in [0.05, 0.1) is 16.6 Å². The van der Waals surface area contributed by atoms with E-state index >= 15 is 0 Å². The van der Waals surface area contributed by atoms with Crippen LogP contribution in [-0.4, -0.2) is 9.55 Å². The number of nitrogens with zero attached hydrogens (tertiary/aromatic N) is 2. The maximum atomic E-state index is 13.2. The van der Waals surface area contributed by atoms with Gasteiger partial charge in [-0.25, -0.2) is 13.8 Å². The third-order valence-corrected chi connectivity index (χ3v) is 3.01. The number of rotatable bonds is 2. The van der Waals surface area contributed by atoms with Crippen molar-refractivity contribution in [2.24, 2.45) is 0 Å². The molecule has 0 saturated carbocycles. The van der Waals surface area contributed by atoms with Gasteiger partial charge in [0, 0.05) is 0 Å². The average molecular weight is 272 g/mol. The van der Waals surface area contributed by atoms with Gasteiger partial charge in [-0.05, 0) is 24.3 Å². The van der Waals surface area contributed by atoms with Crippen molar-refractivity contribution in [1.29, 1.82) is 0 Å². The Morgan fingerprint density at radius 3 is 2.30 bits per heavy atom. The number of hydrogen-bond donors (Lipinski definition) is 0. The Bertz CT molecular complexity index is 813. The number of fused-ring (bicyclic) bond motifs is 1. The van der Waals surface area contributed by atoms with Crippen molar-refractivity contribution in [3.8, 4) is 5.69 Å². The lowest BCUT2D eigenvalue weighted by atomic mass is 10.2. The lowest BCUT2D eigenvalue weighted by molar-refractivity contribution is 0.137. The second kappa shape index (κ2) is 4.85. The van der Waals surface area contributed by atoms with Crippen molar-refractivity contribution >= 4 is 10.9 Å². The SMILES string of the molecule is O=c1c2ccccc2nc(C(F)F)n1-c1ccccc1. The van der Waals surface area contributed by atoms with Crippen molar-refractivity contribution in [3.05, 3.63) is 70.8 Å². The smallest absolute Gasteiger partial charge is 0.268 e. The molecule has 3 nitrogen and oxygen atoms in total. The zero-order valence-electron chi connectivity index (χ0n) is 10.3. The van der Waals surface area contributed by atoms with Crippen molar-refractivity contribution in [3.63, 3.8) is 0 Å². The van der Waals surface area contributed by atoms with Gasteiger partial charge in [-0.15, -0.1) is 0 Å². The molecule has 0 aliphatic heterocycles. The van der Waals surface area contributed by atoms with E-state index in [-0.39, 0.29) is 5.52 Å². The van der Waals surface area contributed by atoms with E-state index in [0.717, 1.165) is 4.57 Å². The molecule has 3 aromatic rings. The van der Waals surface area contributed by atoms with Crippen LogP contribution in [0.1, 0.15) is 12.2 Å². The normalized spacial score (nSPS) is 11.2. The molecule has 0 unspecified atom stereocenters. The van der Waals surface area contributed by atoms with Crippen LogP contribution in [0.3, 0.4) is 0 Å². The first-order chi connectivity index (χ1) is 9.68. The zero-order chi connectivity index (χ0) is 14.1. The van der Waals surface area contributed by atoms with Crippen molar-refractivity contribution in [2.75, 3.05) is 0 Å². The molecule has 0 atom stereocenters. The topological polar surface area (TPSA) is 34.9 Å². The van der Waals surface area contributed by atoms with E-state index in [2.05, 4.69) is 4.98 Å². The Morgan fingerprint density at radius 2 is 1.60 bits per heavy atom. The van der Waals surface area contributed by atoms with E-state index in [4.69, 9.17) is 0 Å². The quantitative estimate of drug-likeness (QED) is 0.717. The Balaban J connectivity index is 2.43. The van der Waals surface area contributed by atoms with Crippen LogP contribution in [0, 0.1) is 0 Å². The highest BCUT2D eigenvalue weighted by Crippen LogP contribution is 2.21. The summed E-state index contributed by atoms with van der Waals surface area (Å²) in [6, 6.07) is 14.8. The zero-order valence-corrected chi connectivity index (χ0v) is 10.3. The molecular formula is C15H10F2N2O. The van der Waals surface area contributed by atoms with Crippen LogP contribution in [0.15, 0.2) is 59.4 Å². The molecule has 20 heavy (non-hydrogen) atoms. The van der Waals surface area contributed by atoms with Crippen molar-refractivity contribution < 1.29 is 8.78 Å². The summed E-state index contributed by atoms with van der Waals surface area (Å²) >= 11 is 0. The summed E-state index contributed by atoms with van der Waals surface area (Å²) in [5.41, 5.74) is 0.170. The minimum Gasteiger partial charge on any atom is -0.268 e. The summed E-state index contributed by atoms with van der Waals surface area (Å²) in [5, 5.41) is 0.320. The van der Waals surface area contributed by atoms with Gasteiger partial charge in [-0.1, -0.05) is 30.3 Å². The van der Waals surface area contributed by atoms with Crippen LogP contribution in [0.4, 0.5) is 8.78 Å². The molecule has 3 rings (SSSR count). The van der Waals surface area contributed by atoms with Crippen molar-refractivity contribution in [1.82, 2.24) is 9.55 Å². The maximum absolute atomic E-state index is 13.2. The molecular weight excluding hydrogens is 262 g/mol. The Morgan fingerprint density at radius 1 is 0.950 bits per heavy atom. The van der Waals surface area contributed by atoms with E-state index in [1.54, 1.807) is 54.6 Å². The predicted molar refractivity (Wildman–Crippen MR) is 72.3 cm³/mol. The highest BCUT2D eigenvalue weighted by atomic mass is 19.3. The number of benzene rings is 2. The maximum Gasteiger partial charge on any atom is 0.296 e. The first kappa shape index (κ1) is 12.5.